The van der Waals surface area contributed by atoms with Crippen molar-refractivity contribution >= 4 is 19.3 Å². The predicted octanol–water partition coefficient (Wildman–Crippen LogP) is 5.84. The van der Waals surface area contributed by atoms with E-state index >= 15 is 0 Å². The van der Waals surface area contributed by atoms with Gasteiger partial charge in [-0.25, -0.2) is 9.18 Å². The van der Waals surface area contributed by atoms with Gasteiger partial charge in [0.1, 0.15) is 12.4 Å². The third kappa shape index (κ3) is 5.37. The van der Waals surface area contributed by atoms with E-state index in [1.807, 2.05) is 52.0 Å². The van der Waals surface area contributed by atoms with Crippen molar-refractivity contribution in [2.24, 2.45) is 5.73 Å². The number of hydrogen-bond donors (Lipinski definition) is 2. The number of alkyl carbamates (subject to hydrolysis) is 1. The Morgan fingerprint density at radius 2 is 1.59 bits per heavy atom. The van der Waals surface area contributed by atoms with Crippen molar-refractivity contribution < 1.29 is 23.2 Å². The number of amides is 1. The second-order valence-electron chi connectivity index (χ2n) is 11.0. The van der Waals surface area contributed by atoms with E-state index in [0.29, 0.717) is 11.0 Å². The van der Waals surface area contributed by atoms with Crippen LogP contribution in [-0.2, 0) is 20.6 Å². The first-order chi connectivity index (χ1) is 18.6. The van der Waals surface area contributed by atoms with Gasteiger partial charge in [-0.05, 0) is 73.1 Å². The highest BCUT2D eigenvalue weighted by Gasteiger charge is 2.52. The van der Waals surface area contributed by atoms with Gasteiger partial charge in [0, 0.05) is 24.6 Å². The molecule has 1 aliphatic heterocycles. The highest BCUT2D eigenvalue weighted by atomic mass is 19.1. The number of benzene rings is 3. The van der Waals surface area contributed by atoms with Crippen LogP contribution < -0.4 is 11.1 Å². The largest absolute Gasteiger partial charge is 0.492 e. The Labute approximate surface area is 229 Å². The molecule has 0 atom stereocenters. The summed E-state index contributed by atoms with van der Waals surface area (Å²) in [5.74, 6) is -0.447. The van der Waals surface area contributed by atoms with Crippen molar-refractivity contribution in [2.75, 3.05) is 13.2 Å². The summed E-state index contributed by atoms with van der Waals surface area (Å²) in [5, 5.41) is 2.82. The van der Waals surface area contributed by atoms with Crippen LogP contribution in [0.5, 0.6) is 0 Å². The standard InChI is InChI=1S/C31H34BFN2O4/c1-30(2)31(3,4)39-32(38-30)22(16-21-15-20(17-34)13-14-28(21)33)18-35-29(36)37-19-27-25-11-7-5-9-23(25)24-10-6-8-12-26(24)27/h5-16,27H,17-19,34H2,1-4H3,(H,35,36). The summed E-state index contributed by atoms with van der Waals surface area (Å²) in [6.07, 6.45) is 1.08. The number of rotatable bonds is 7. The maximum Gasteiger partial charge on any atom is 0.492 e. The molecule has 5 rings (SSSR count). The van der Waals surface area contributed by atoms with Crippen molar-refractivity contribution in [1.82, 2.24) is 5.32 Å². The minimum absolute atomic E-state index is 0.0469. The fourth-order valence-electron chi connectivity index (χ4n) is 5.05. The lowest BCUT2D eigenvalue weighted by molar-refractivity contribution is 0.00578. The van der Waals surface area contributed by atoms with E-state index in [0.717, 1.165) is 27.8 Å². The van der Waals surface area contributed by atoms with Gasteiger partial charge in [0.05, 0.1) is 11.2 Å². The molecule has 2 aliphatic rings. The lowest BCUT2D eigenvalue weighted by atomic mass is 9.77. The fraction of sp³-hybridized carbons (Fsp3) is 0.323. The van der Waals surface area contributed by atoms with Gasteiger partial charge in [-0.1, -0.05) is 60.7 Å². The molecular weight excluding hydrogens is 494 g/mol. The van der Waals surface area contributed by atoms with Gasteiger partial charge < -0.3 is 25.1 Å². The molecule has 0 bridgehead atoms. The van der Waals surface area contributed by atoms with Crippen molar-refractivity contribution in [3.8, 4) is 11.1 Å². The van der Waals surface area contributed by atoms with Crippen LogP contribution in [0, 0.1) is 5.82 Å². The van der Waals surface area contributed by atoms with Gasteiger partial charge in [0.2, 0.25) is 0 Å². The molecule has 3 aromatic carbocycles. The highest BCUT2D eigenvalue weighted by Crippen LogP contribution is 2.44. The number of fused-ring (bicyclic) bond motifs is 3. The molecule has 0 aromatic heterocycles. The van der Waals surface area contributed by atoms with Crippen molar-refractivity contribution in [3.63, 3.8) is 0 Å². The van der Waals surface area contributed by atoms with E-state index in [9.17, 15) is 9.18 Å². The third-order valence-electron chi connectivity index (χ3n) is 7.97. The summed E-state index contributed by atoms with van der Waals surface area (Å²) in [5.41, 5.74) is 10.9. The Kier molecular flexibility index (Phi) is 7.38. The van der Waals surface area contributed by atoms with Gasteiger partial charge in [-0.3, -0.25) is 0 Å². The van der Waals surface area contributed by atoms with Crippen LogP contribution in [0.4, 0.5) is 9.18 Å². The summed E-state index contributed by atoms with van der Waals surface area (Å²) >= 11 is 0. The van der Waals surface area contributed by atoms with Crippen LogP contribution in [-0.4, -0.2) is 37.6 Å². The normalized spacial score (nSPS) is 17.6. The molecule has 39 heavy (non-hydrogen) atoms. The number of carbonyl (C=O) groups excluding carboxylic acids is 1. The number of halogens is 1. The van der Waals surface area contributed by atoms with Gasteiger partial charge in [0.25, 0.3) is 0 Å². The van der Waals surface area contributed by atoms with E-state index < -0.39 is 30.2 Å². The first kappa shape index (κ1) is 27.1. The van der Waals surface area contributed by atoms with Crippen LogP contribution in [0.2, 0.25) is 0 Å². The van der Waals surface area contributed by atoms with Crippen LogP contribution in [0.25, 0.3) is 17.2 Å². The first-order valence-corrected chi connectivity index (χ1v) is 13.2. The monoisotopic (exact) mass is 528 g/mol. The minimum Gasteiger partial charge on any atom is -0.449 e. The summed E-state index contributed by atoms with van der Waals surface area (Å²) in [4.78, 5) is 12.9. The fourth-order valence-corrected chi connectivity index (χ4v) is 5.05. The number of hydrogen-bond acceptors (Lipinski definition) is 5. The Balaban J connectivity index is 1.32. The Morgan fingerprint density at radius 3 is 2.18 bits per heavy atom. The molecule has 0 radical (unpaired) electrons. The number of ether oxygens (including phenoxy) is 1. The molecule has 1 heterocycles. The Hall–Kier alpha value is -3.46. The van der Waals surface area contributed by atoms with Crippen molar-refractivity contribution in [2.45, 2.75) is 51.4 Å². The first-order valence-electron chi connectivity index (χ1n) is 13.2. The maximum absolute atomic E-state index is 14.7. The summed E-state index contributed by atoms with van der Waals surface area (Å²) < 4.78 is 32.8. The lowest BCUT2D eigenvalue weighted by Gasteiger charge is -2.32. The van der Waals surface area contributed by atoms with Gasteiger partial charge in [0.15, 0.2) is 0 Å². The van der Waals surface area contributed by atoms with Crippen LogP contribution in [0.1, 0.15) is 55.9 Å². The van der Waals surface area contributed by atoms with Crippen LogP contribution in [0.3, 0.4) is 0 Å². The number of nitrogens with two attached hydrogens (primary N) is 1. The van der Waals surface area contributed by atoms with E-state index in [2.05, 4.69) is 29.6 Å². The SMILES string of the molecule is CC1(C)OB(C(=Cc2cc(CN)ccc2F)CNC(=O)OCC2c3ccccc3-c3ccccc32)OC1(C)C. The maximum atomic E-state index is 14.7. The zero-order valence-electron chi connectivity index (χ0n) is 22.8. The van der Waals surface area contributed by atoms with E-state index in [1.54, 1.807) is 18.2 Å². The van der Waals surface area contributed by atoms with Crippen LogP contribution in [0.15, 0.2) is 72.2 Å². The average molecular weight is 528 g/mol. The smallest absolute Gasteiger partial charge is 0.449 e. The average Bonchev–Trinajstić information content (AvgIpc) is 3.35. The lowest BCUT2D eigenvalue weighted by Crippen LogP contribution is -2.41. The van der Waals surface area contributed by atoms with Crippen molar-refractivity contribution in [3.05, 3.63) is 100 Å². The Bertz CT molecular complexity index is 1360. The van der Waals surface area contributed by atoms with Gasteiger partial charge >= 0.3 is 13.2 Å². The molecule has 1 fully saturated rings. The van der Waals surface area contributed by atoms with E-state index in [4.69, 9.17) is 19.8 Å². The molecule has 3 N–H and O–H groups in total. The molecule has 0 saturated carbocycles. The topological polar surface area (TPSA) is 82.8 Å². The molecule has 3 aromatic rings. The zero-order valence-corrected chi connectivity index (χ0v) is 22.8. The zero-order chi connectivity index (χ0) is 27.8. The van der Waals surface area contributed by atoms with E-state index in [-0.39, 0.29) is 25.6 Å². The van der Waals surface area contributed by atoms with E-state index in [1.165, 1.54) is 6.07 Å². The minimum atomic E-state index is -0.773. The molecule has 1 saturated heterocycles. The second kappa shape index (κ2) is 10.6. The number of nitrogens with one attached hydrogen (secondary N) is 1. The summed E-state index contributed by atoms with van der Waals surface area (Å²) in [6.45, 7) is 8.31. The summed E-state index contributed by atoms with van der Waals surface area (Å²) in [7, 11) is -0.773. The second-order valence-corrected chi connectivity index (χ2v) is 11.0. The predicted molar refractivity (Wildman–Crippen MR) is 151 cm³/mol. The highest BCUT2D eigenvalue weighted by molar-refractivity contribution is 6.56. The van der Waals surface area contributed by atoms with Gasteiger partial charge in [-0.2, -0.15) is 0 Å². The molecule has 6 nitrogen and oxygen atoms in total. The summed E-state index contributed by atoms with van der Waals surface area (Å²) in [6, 6.07) is 21.1. The van der Waals surface area contributed by atoms with Gasteiger partial charge in [-0.15, -0.1) is 0 Å². The molecule has 8 heteroatoms. The molecule has 1 aliphatic carbocycles. The molecule has 1 amide bonds. The number of carbonyl (C=O) groups is 1. The molecule has 0 unspecified atom stereocenters. The quantitative estimate of drug-likeness (QED) is 0.377. The third-order valence-corrected chi connectivity index (χ3v) is 7.97. The van der Waals surface area contributed by atoms with Crippen molar-refractivity contribution in [1.29, 1.82) is 0 Å². The Morgan fingerprint density at radius 1 is 1.00 bits per heavy atom. The molecule has 202 valence electrons. The molecular formula is C31H34BFN2O4. The molecule has 0 spiro atoms. The van der Waals surface area contributed by atoms with Crippen LogP contribution >= 0.6 is 0 Å².